The number of guanidine groups is 1. The lowest BCUT2D eigenvalue weighted by Gasteiger charge is -2.42. The van der Waals surface area contributed by atoms with Gasteiger partial charge in [-0.25, -0.2) is 4.99 Å². The van der Waals surface area contributed by atoms with E-state index in [4.69, 9.17) is 9.73 Å². The highest BCUT2D eigenvalue weighted by atomic mass is 127. The molecule has 28 heavy (non-hydrogen) atoms. The number of ether oxygens (including phenoxy) is 1. The van der Waals surface area contributed by atoms with Crippen molar-refractivity contribution in [1.82, 2.24) is 25.4 Å². The molecule has 2 N–H and O–H groups in total. The topological polar surface area (TPSA) is 76.4 Å². The van der Waals surface area contributed by atoms with E-state index < -0.39 is 0 Å². The van der Waals surface area contributed by atoms with Crippen molar-refractivity contribution in [2.75, 3.05) is 20.3 Å². The zero-order chi connectivity index (χ0) is 19.1. The Morgan fingerprint density at radius 1 is 1.21 bits per heavy atom. The van der Waals surface area contributed by atoms with Crippen LogP contribution in [-0.4, -0.2) is 47.0 Å². The SMILES string of the molecule is COCCC1(CNC(=NCc2nnc(C)n2C)NC2CCCCC2)CCC1.I. The standard InChI is InChI=1S/C20H36N6O.HI/c1-16-24-25-18(26(16)2)14-21-19(23-17-8-5-4-6-9-17)22-15-20(10-7-11-20)12-13-27-3;/h17H,4-15H2,1-3H3,(H2,21,22,23);1H. The largest absolute Gasteiger partial charge is 0.385 e. The highest BCUT2D eigenvalue weighted by molar-refractivity contribution is 14.0. The van der Waals surface area contributed by atoms with E-state index in [2.05, 4.69) is 20.8 Å². The smallest absolute Gasteiger partial charge is 0.191 e. The molecular weight excluding hydrogens is 467 g/mol. The first-order valence-corrected chi connectivity index (χ1v) is 10.5. The summed E-state index contributed by atoms with van der Waals surface area (Å²) in [5.74, 6) is 2.74. The Morgan fingerprint density at radius 3 is 2.54 bits per heavy atom. The van der Waals surface area contributed by atoms with Gasteiger partial charge in [0.25, 0.3) is 0 Å². The molecule has 0 aliphatic heterocycles. The fourth-order valence-electron chi connectivity index (χ4n) is 4.11. The predicted octanol–water partition coefficient (Wildman–Crippen LogP) is 3.32. The number of hydrogen-bond donors (Lipinski definition) is 2. The monoisotopic (exact) mass is 504 g/mol. The first kappa shape index (κ1) is 23.4. The van der Waals surface area contributed by atoms with Crippen LogP contribution in [0.5, 0.6) is 0 Å². The molecule has 2 fully saturated rings. The quantitative estimate of drug-likeness (QED) is 0.323. The van der Waals surface area contributed by atoms with Crippen molar-refractivity contribution in [2.45, 2.75) is 77.3 Å². The molecule has 1 aromatic rings. The molecule has 2 aliphatic rings. The van der Waals surface area contributed by atoms with Crippen LogP contribution < -0.4 is 10.6 Å². The Hall–Kier alpha value is -0.900. The Labute approximate surface area is 186 Å². The summed E-state index contributed by atoms with van der Waals surface area (Å²) in [5.41, 5.74) is 0.367. The Kier molecular flexibility index (Phi) is 9.46. The minimum atomic E-state index is 0. The van der Waals surface area contributed by atoms with Crippen LogP contribution in [0.4, 0.5) is 0 Å². The summed E-state index contributed by atoms with van der Waals surface area (Å²) in [6, 6.07) is 0.530. The normalized spacial score (nSPS) is 19.6. The van der Waals surface area contributed by atoms with Gasteiger partial charge in [0.05, 0.1) is 0 Å². The zero-order valence-electron chi connectivity index (χ0n) is 17.7. The lowest BCUT2D eigenvalue weighted by Crippen LogP contribution is -2.49. The summed E-state index contributed by atoms with van der Waals surface area (Å²) in [7, 11) is 3.79. The average Bonchev–Trinajstić information content (AvgIpc) is 2.97. The highest BCUT2D eigenvalue weighted by Crippen LogP contribution is 2.43. The summed E-state index contributed by atoms with van der Waals surface area (Å²) in [6.07, 6.45) is 11.5. The van der Waals surface area contributed by atoms with Crippen LogP contribution in [0, 0.1) is 12.3 Å². The Bertz CT molecular complexity index is 622. The number of nitrogens with zero attached hydrogens (tertiary/aromatic N) is 4. The van der Waals surface area contributed by atoms with Crippen LogP contribution in [0.25, 0.3) is 0 Å². The molecule has 0 saturated heterocycles. The van der Waals surface area contributed by atoms with Gasteiger partial charge in [0.15, 0.2) is 11.8 Å². The van der Waals surface area contributed by atoms with Gasteiger partial charge in [0.1, 0.15) is 12.4 Å². The maximum Gasteiger partial charge on any atom is 0.191 e. The van der Waals surface area contributed by atoms with Gasteiger partial charge in [-0.1, -0.05) is 25.7 Å². The molecule has 2 aliphatic carbocycles. The average molecular weight is 504 g/mol. The molecular formula is C20H37IN6O. The van der Waals surface area contributed by atoms with Gasteiger partial charge in [0.2, 0.25) is 0 Å². The molecule has 0 atom stereocenters. The molecule has 160 valence electrons. The molecule has 0 amide bonds. The first-order chi connectivity index (χ1) is 13.1. The van der Waals surface area contributed by atoms with E-state index in [9.17, 15) is 0 Å². The van der Waals surface area contributed by atoms with E-state index in [-0.39, 0.29) is 24.0 Å². The van der Waals surface area contributed by atoms with Crippen molar-refractivity contribution >= 4 is 29.9 Å². The molecule has 3 rings (SSSR count). The molecule has 0 unspecified atom stereocenters. The van der Waals surface area contributed by atoms with Gasteiger partial charge in [-0.15, -0.1) is 34.2 Å². The lowest BCUT2D eigenvalue weighted by atomic mass is 9.67. The van der Waals surface area contributed by atoms with Gasteiger partial charge < -0.3 is 19.9 Å². The second-order valence-electron chi connectivity index (χ2n) is 8.32. The fourth-order valence-corrected chi connectivity index (χ4v) is 4.11. The maximum atomic E-state index is 5.33. The number of rotatable bonds is 8. The third-order valence-electron chi connectivity index (χ3n) is 6.39. The van der Waals surface area contributed by atoms with Crippen LogP contribution in [0.2, 0.25) is 0 Å². The van der Waals surface area contributed by atoms with Crippen molar-refractivity contribution in [1.29, 1.82) is 0 Å². The number of halogens is 1. The van der Waals surface area contributed by atoms with Gasteiger partial charge in [0, 0.05) is 33.4 Å². The van der Waals surface area contributed by atoms with Crippen molar-refractivity contribution in [3.8, 4) is 0 Å². The molecule has 0 aromatic carbocycles. The van der Waals surface area contributed by atoms with E-state index >= 15 is 0 Å². The Balaban J connectivity index is 0.00000280. The predicted molar refractivity (Wildman–Crippen MR) is 123 cm³/mol. The van der Waals surface area contributed by atoms with E-state index in [1.807, 2.05) is 18.5 Å². The van der Waals surface area contributed by atoms with Crippen molar-refractivity contribution < 1.29 is 4.74 Å². The number of aliphatic imine (C=N–C) groups is 1. The van der Waals surface area contributed by atoms with Gasteiger partial charge >= 0.3 is 0 Å². The number of aryl methyl sites for hydroxylation is 1. The van der Waals surface area contributed by atoms with E-state index in [0.717, 1.165) is 37.2 Å². The van der Waals surface area contributed by atoms with Crippen LogP contribution in [0.15, 0.2) is 4.99 Å². The number of hydrogen-bond acceptors (Lipinski definition) is 4. The molecule has 2 saturated carbocycles. The van der Waals surface area contributed by atoms with E-state index in [1.165, 1.54) is 51.4 Å². The van der Waals surface area contributed by atoms with Crippen LogP contribution in [-0.2, 0) is 18.3 Å². The van der Waals surface area contributed by atoms with E-state index in [1.54, 1.807) is 7.11 Å². The highest BCUT2D eigenvalue weighted by Gasteiger charge is 2.36. The summed E-state index contributed by atoms with van der Waals surface area (Å²) < 4.78 is 7.34. The molecule has 7 nitrogen and oxygen atoms in total. The Morgan fingerprint density at radius 2 is 1.96 bits per heavy atom. The third kappa shape index (κ3) is 6.30. The molecule has 0 bridgehead atoms. The van der Waals surface area contributed by atoms with Crippen molar-refractivity contribution in [3.63, 3.8) is 0 Å². The fraction of sp³-hybridized carbons (Fsp3) is 0.850. The van der Waals surface area contributed by atoms with Crippen LogP contribution >= 0.6 is 24.0 Å². The maximum absolute atomic E-state index is 5.33. The summed E-state index contributed by atoms with van der Waals surface area (Å²) in [4.78, 5) is 4.84. The van der Waals surface area contributed by atoms with Gasteiger partial charge in [-0.2, -0.15) is 0 Å². The minimum Gasteiger partial charge on any atom is -0.385 e. The lowest BCUT2D eigenvalue weighted by molar-refractivity contribution is 0.0732. The molecule has 0 radical (unpaired) electrons. The third-order valence-corrected chi connectivity index (χ3v) is 6.39. The molecule has 0 spiro atoms. The van der Waals surface area contributed by atoms with Crippen LogP contribution in [0.1, 0.15) is 69.4 Å². The zero-order valence-corrected chi connectivity index (χ0v) is 20.0. The van der Waals surface area contributed by atoms with Gasteiger partial charge in [-0.05, 0) is 44.4 Å². The molecule has 8 heteroatoms. The molecule has 1 heterocycles. The van der Waals surface area contributed by atoms with Crippen molar-refractivity contribution in [3.05, 3.63) is 11.6 Å². The summed E-state index contributed by atoms with van der Waals surface area (Å²) in [5, 5.41) is 15.7. The minimum absolute atomic E-state index is 0. The number of methoxy groups -OCH3 is 1. The number of aromatic nitrogens is 3. The van der Waals surface area contributed by atoms with Gasteiger partial charge in [-0.3, -0.25) is 0 Å². The van der Waals surface area contributed by atoms with Crippen molar-refractivity contribution in [2.24, 2.45) is 17.5 Å². The second-order valence-corrected chi connectivity index (χ2v) is 8.32. The summed E-state index contributed by atoms with van der Waals surface area (Å²) in [6.45, 7) is 4.31. The second kappa shape index (κ2) is 11.3. The summed E-state index contributed by atoms with van der Waals surface area (Å²) >= 11 is 0. The first-order valence-electron chi connectivity index (χ1n) is 10.5. The number of nitrogens with one attached hydrogen (secondary N) is 2. The molecule has 1 aromatic heterocycles. The van der Waals surface area contributed by atoms with Crippen LogP contribution in [0.3, 0.4) is 0 Å². The van der Waals surface area contributed by atoms with E-state index in [0.29, 0.717) is 18.0 Å².